The van der Waals surface area contributed by atoms with Gasteiger partial charge in [0.1, 0.15) is 0 Å². The number of quaternary nitrogens is 1. The number of rotatable bonds is 0. The van der Waals surface area contributed by atoms with Gasteiger partial charge in [0.25, 0.3) is 0 Å². The molecule has 0 spiro atoms. The molecular weight excluding hydrogens is 385 g/mol. The first-order valence-corrected chi connectivity index (χ1v) is 9.85. The van der Waals surface area contributed by atoms with E-state index in [1.165, 1.54) is 59.6 Å². The average Bonchev–Trinajstić information content (AvgIpc) is 2.63. The first kappa shape index (κ1) is 19.9. The van der Waals surface area contributed by atoms with Gasteiger partial charge in [-0.15, -0.1) is 0 Å². The lowest BCUT2D eigenvalue weighted by molar-refractivity contribution is -0.483. The predicted octanol–water partition coefficient (Wildman–Crippen LogP) is 4.38. The Bertz CT molecular complexity index is 861. The number of fused-ring (bicyclic) bond motifs is 4. The summed E-state index contributed by atoms with van der Waals surface area (Å²) >= 11 is 0. The van der Waals surface area contributed by atoms with Gasteiger partial charge < -0.3 is 31.8 Å². The lowest BCUT2D eigenvalue weighted by Crippen LogP contribution is -2.72. The number of anilines is 2. The third-order valence-corrected chi connectivity index (χ3v) is 5.65. The van der Waals surface area contributed by atoms with Crippen LogP contribution in [0.25, 0.3) is 0 Å². The Morgan fingerprint density at radius 1 is 0.793 bits per heavy atom. The van der Waals surface area contributed by atoms with Gasteiger partial charge in [-0.05, 0) is 36.8 Å². The van der Waals surface area contributed by atoms with E-state index < -0.39 is 7.25 Å². The van der Waals surface area contributed by atoms with Crippen LogP contribution < -0.4 is 19.9 Å². The zero-order valence-electron chi connectivity index (χ0n) is 16.5. The third kappa shape index (κ3) is 4.29. The molecule has 3 aliphatic rings. The van der Waals surface area contributed by atoms with Crippen LogP contribution in [-0.4, -0.2) is 34.4 Å². The summed E-state index contributed by atoms with van der Waals surface area (Å²) in [7, 11) is -1.65. The second-order valence-corrected chi connectivity index (χ2v) is 7.83. The van der Waals surface area contributed by atoms with Crippen LogP contribution in [0.2, 0.25) is 0 Å². The molecule has 0 amide bonds. The second kappa shape index (κ2) is 7.44. The van der Waals surface area contributed by atoms with Crippen molar-refractivity contribution >= 4 is 30.0 Å². The van der Waals surface area contributed by atoms with Gasteiger partial charge in [-0.25, -0.2) is 0 Å². The fourth-order valence-corrected chi connectivity index (χ4v) is 4.32. The zero-order chi connectivity index (χ0) is 20.8. The van der Waals surface area contributed by atoms with Crippen LogP contribution in [0.1, 0.15) is 24.0 Å². The fourth-order valence-electron chi connectivity index (χ4n) is 4.32. The van der Waals surface area contributed by atoms with Crippen molar-refractivity contribution in [2.45, 2.75) is 25.7 Å². The number of nitrogens with zero attached hydrogens (tertiary/aromatic N) is 2. The lowest BCUT2D eigenvalue weighted by Gasteiger charge is -2.31. The average molecular weight is 409 g/mol. The highest BCUT2D eigenvalue weighted by atomic mass is 19.5. The van der Waals surface area contributed by atoms with E-state index >= 15 is 0 Å². The smallest absolute Gasteiger partial charge is 0.445 e. The molecule has 3 aliphatic heterocycles. The van der Waals surface area contributed by atoms with E-state index in [1.807, 2.05) is 0 Å². The quantitative estimate of drug-likeness (QED) is 0.340. The van der Waals surface area contributed by atoms with E-state index in [-0.39, 0.29) is 0 Å². The molecule has 0 radical (unpaired) electrons. The van der Waals surface area contributed by atoms with Gasteiger partial charge in [0.05, 0.1) is 0 Å². The molecule has 2 aromatic rings. The molecule has 0 fully saturated rings. The van der Waals surface area contributed by atoms with Crippen LogP contribution in [0, 0.1) is 0 Å². The van der Waals surface area contributed by atoms with Gasteiger partial charge in [0.15, 0.2) is 22.9 Å². The Labute approximate surface area is 167 Å². The molecule has 5 rings (SSSR count). The minimum Gasteiger partial charge on any atom is -0.445 e. The molecule has 2 aromatic carbocycles. The monoisotopic (exact) mass is 409 g/mol. The number of aryl methyl sites for hydroxylation is 2. The van der Waals surface area contributed by atoms with E-state index in [2.05, 4.69) is 53.5 Å². The molecule has 0 saturated carbocycles. The SMILES string of the molecule is CN1CCCc2cc3c(cc21)Oc1cc2c(cc1[NH2+]3)CCCN2C.F[B-](F)(F)F. The van der Waals surface area contributed by atoms with E-state index in [0.29, 0.717) is 0 Å². The van der Waals surface area contributed by atoms with Gasteiger partial charge in [0.2, 0.25) is 0 Å². The standard InChI is InChI=1S/C20H23N3O.BF4/c1-22-7-3-5-13-9-15-19(11-17(13)22)24-20-12-18-14(10-16(20)21-15)6-4-8-23(18)2;2-1(3,4)5/h9-12,21H,3-8H2,1-2H3;/q;-1/p+1. The summed E-state index contributed by atoms with van der Waals surface area (Å²) in [6.07, 6.45) is 4.81. The number of halogens is 4. The van der Waals surface area contributed by atoms with Gasteiger partial charge >= 0.3 is 7.25 Å². The van der Waals surface area contributed by atoms with Gasteiger partial charge in [-0.1, -0.05) is 0 Å². The zero-order valence-corrected chi connectivity index (χ0v) is 16.5. The van der Waals surface area contributed by atoms with Crippen molar-refractivity contribution in [1.82, 2.24) is 0 Å². The van der Waals surface area contributed by atoms with Gasteiger partial charge in [0, 0.05) is 62.8 Å². The largest absolute Gasteiger partial charge is 0.673 e. The minimum atomic E-state index is -6.00. The van der Waals surface area contributed by atoms with Crippen LogP contribution in [-0.2, 0) is 12.8 Å². The van der Waals surface area contributed by atoms with Crippen LogP contribution in [0.4, 0.5) is 40.0 Å². The summed E-state index contributed by atoms with van der Waals surface area (Å²) < 4.78 is 45.3. The fraction of sp³-hybridized carbons (Fsp3) is 0.400. The van der Waals surface area contributed by atoms with Crippen LogP contribution in [0.3, 0.4) is 0 Å². The molecular formula is C20H24BF4N3O. The van der Waals surface area contributed by atoms with Crippen LogP contribution in [0.15, 0.2) is 24.3 Å². The number of ether oxygens (including phenoxy) is 1. The molecule has 0 saturated heterocycles. The highest BCUT2D eigenvalue weighted by Crippen LogP contribution is 2.43. The minimum absolute atomic E-state index is 0.994. The van der Waals surface area contributed by atoms with E-state index in [0.717, 1.165) is 24.6 Å². The van der Waals surface area contributed by atoms with Crippen molar-refractivity contribution in [2.24, 2.45) is 0 Å². The van der Waals surface area contributed by atoms with Crippen LogP contribution in [0.5, 0.6) is 11.5 Å². The Morgan fingerprint density at radius 2 is 1.21 bits per heavy atom. The second-order valence-electron chi connectivity index (χ2n) is 7.83. The van der Waals surface area contributed by atoms with Gasteiger partial charge in [-0.2, -0.15) is 0 Å². The predicted molar refractivity (Wildman–Crippen MR) is 108 cm³/mol. The first-order valence-electron chi connectivity index (χ1n) is 9.85. The lowest BCUT2D eigenvalue weighted by atomic mass is 9.98. The summed E-state index contributed by atoms with van der Waals surface area (Å²) in [5.74, 6) is 1.99. The molecule has 0 atom stereocenters. The Kier molecular flexibility index (Phi) is 5.10. The number of nitrogens with two attached hydrogens (primary N) is 1. The molecule has 9 heteroatoms. The molecule has 156 valence electrons. The maximum Gasteiger partial charge on any atom is 0.673 e. The molecule has 0 unspecified atom stereocenters. The van der Waals surface area contributed by atoms with Crippen LogP contribution >= 0.6 is 0 Å². The molecule has 0 aromatic heterocycles. The number of hydrogen-bond donors (Lipinski definition) is 1. The molecule has 3 heterocycles. The van der Waals surface area contributed by atoms with E-state index in [1.54, 1.807) is 0 Å². The van der Waals surface area contributed by atoms with Crippen molar-refractivity contribution in [2.75, 3.05) is 37.0 Å². The maximum atomic E-state index is 9.75. The summed E-state index contributed by atoms with van der Waals surface area (Å²) in [5.41, 5.74) is 7.99. The summed E-state index contributed by atoms with van der Waals surface area (Å²) in [5, 5.41) is 2.30. The number of benzene rings is 2. The van der Waals surface area contributed by atoms with Crippen molar-refractivity contribution in [1.29, 1.82) is 0 Å². The van der Waals surface area contributed by atoms with Crippen molar-refractivity contribution < 1.29 is 27.3 Å². The normalized spacial score (nSPS) is 17.2. The van der Waals surface area contributed by atoms with E-state index in [4.69, 9.17) is 4.74 Å². The summed E-state index contributed by atoms with van der Waals surface area (Å²) in [4.78, 5) is 4.69. The first-order chi connectivity index (χ1) is 13.7. The van der Waals surface area contributed by atoms with Crippen molar-refractivity contribution in [3.8, 4) is 11.5 Å². The molecule has 4 nitrogen and oxygen atoms in total. The van der Waals surface area contributed by atoms with Gasteiger partial charge in [-0.3, -0.25) is 5.32 Å². The molecule has 2 N–H and O–H groups in total. The molecule has 0 aliphatic carbocycles. The number of hydrogen-bond acceptors (Lipinski definition) is 3. The Morgan fingerprint density at radius 3 is 1.62 bits per heavy atom. The third-order valence-electron chi connectivity index (χ3n) is 5.65. The topological polar surface area (TPSA) is 32.3 Å². The Balaban J connectivity index is 0.000000369. The maximum absolute atomic E-state index is 9.75. The Hall–Kier alpha value is -2.42. The van der Waals surface area contributed by atoms with E-state index in [9.17, 15) is 17.3 Å². The van der Waals surface area contributed by atoms with Crippen molar-refractivity contribution in [3.63, 3.8) is 0 Å². The summed E-state index contributed by atoms with van der Waals surface area (Å²) in [6, 6.07) is 9.11. The molecule has 0 bridgehead atoms. The molecule has 29 heavy (non-hydrogen) atoms. The van der Waals surface area contributed by atoms with Crippen molar-refractivity contribution in [3.05, 3.63) is 35.4 Å². The summed E-state index contributed by atoms with van der Waals surface area (Å²) in [6.45, 7) is 2.26. The highest BCUT2D eigenvalue weighted by Gasteiger charge is 2.28. The highest BCUT2D eigenvalue weighted by molar-refractivity contribution is 6.50.